The third-order valence-corrected chi connectivity index (χ3v) is 3.21. The molecule has 1 heterocycles. The van der Waals surface area contributed by atoms with Gasteiger partial charge in [0, 0.05) is 6.42 Å². The van der Waals surface area contributed by atoms with Gasteiger partial charge >= 0.3 is 5.97 Å². The Kier molecular flexibility index (Phi) is 2.42. The molecule has 0 bridgehead atoms. The van der Waals surface area contributed by atoms with Gasteiger partial charge in [-0.05, 0) is 17.2 Å². The maximum absolute atomic E-state index is 12.0. The Morgan fingerprint density at radius 3 is 2.44 bits per heavy atom. The van der Waals surface area contributed by atoms with Crippen LogP contribution in [0.1, 0.15) is 11.1 Å². The van der Waals surface area contributed by atoms with Crippen LogP contribution in [0.2, 0.25) is 0 Å². The van der Waals surface area contributed by atoms with Crippen molar-refractivity contribution in [3.63, 3.8) is 0 Å². The van der Waals surface area contributed by atoms with Gasteiger partial charge in [-0.15, -0.1) is 0 Å². The highest BCUT2D eigenvalue weighted by Crippen LogP contribution is 2.35. The fourth-order valence-electron chi connectivity index (χ4n) is 2.22. The Labute approximate surface area is 105 Å². The minimum Gasteiger partial charge on any atom is -0.424 e. The largest absolute Gasteiger partial charge is 0.424 e. The zero-order valence-corrected chi connectivity index (χ0v) is 9.67. The molecule has 2 aromatic carbocycles. The van der Waals surface area contributed by atoms with E-state index in [9.17, 15) is 9.90 Å². The van der Waals surface area contributed by atoms with Crippen molar-refractivity contribution in [2.75, 3.05) is 0 Å². The number of aliphatic hydroxyl groups is 1. The number of esters is 1. The van der Waals surface area contributed by atoms with Crippen LogP contribution >= 0.6 is 0 Å². The predicted molar refractivity (Wildman–Crippen MR) is 66.1 cm³/mol. The van der Waals surface area contributed by atoms with Gasteiger partial charge in [-0.2, -0.15) is 0 Å². The molecular weight excluding hydrogens is 228 g/mol. The van der Waals surface area contributed by atoms with Crippen LogP contribution in [-0.4, -0.2) is 11.1 Å². The Morgan fingerprint density at radius 2 is 1.67 bits per heavy atom. The van der Waals surface area contributed by atoms with Crippen LogP contribution in [0.3, 0.4) is 0 Å². The Hall–Kier alpha value is -2.13. The van der Waals surface area contributed by atoms with Crippen LogP contribution in [0, 0.1) is 0 Å². The molecule has 1 N–H and O–H groups in total. The zero-order valence-electron chi connectivity index (χ0n) is 9.67. The lowest BCUT2D eigenvalue weighted by Crippen LogP contribution is -2.44. The van der Waals surface area contributed by atoms with Gasteiger partial charge in [0.05, 0.1) is 0 Å². The molecule has 3 heteroatoms. The molecule has 18 heavy (non-hydrogen) atoms. The van der Waals surface area contributed by atoms with E-state index < -0.39 is 11.6 Å². The van der Waals surface area contributed by atoms with E-state index in [-0.39, 0.29) is 6.42 Å². The van der Waals surface area contributed by atoms with E-state index in [1.165, 1.54) is 0 Å². The third-order valence-electron chi connectivity index (χ3n) is 3.21. The first-order chi connectivity index (χ1) is 8.70. The summed E-state index contributed by atoms with van der Waals surface area (Å²) in [5, 5.41) is 10.6. The molecule has 0 aliphatic carbocycles. The minimum atomic E-state index is -1.59. The normalized spacial score (nSPS) is 22.2. The average Bonchev–Trinajstić information content (AvgIpc) is 2.41. The third kappa shape index (κ3) is 1.60. The summed E-state index contributed by atoms with van der Waals surface area (Å²) in [5.41, 5.74) is -0.191. The molecule has 0 amide bonds. The predicted octanol–water partition coefficient (Wildman–Crippen LogP) is 2.04. The molecule has 0 aromatic heterocycles. The molecule has 1 atom stereocenters. The van der Waals surface area contributed by atoms with Gasteiger partial charge in [0.2, 0.25) is 0 Å². The van der Waals surface area contributed by atoms with E-state index in [4.69, 9.17) is 4.74 Å². The minimum absolute atomic E-state index is 0.242. The summed E-state index contributed by atoms with van der Waals surface area (Å²) in [7, 11) is 0. The van der Waals surface area contributed by atoms with Crippen molar-refractivity contribution in [1.82, 2.24) is 0 Å². The summed E-state index contributed by atoms with van der Waals surface area (Å²) in [6, 6.07) is 16.2. The molecule has 0 saturated carbocycles. The molecular formula is C15H12O3. The Morgan fingerprint density at radius 1 is 1.00 bits per heavy atom. The molecule has 0 spiro atoms. The van der Waals surface area contributed by atoms with Crippen LogP contribution in [0.5, 0.6) is 5.75 Å². The van der Waals surface area contributed by atoms with Crippen molar-refractivity contribution in [2.24, 2.45) is 0 Å². The lowest BCUT2D eigenvalue weighted by molar-refractivity contribution is -0.158. The molecule has 3 rings (SSSR count). The lowest BCUT2D eigenvalue weighted by Gasteiger charge is -2.31. The van der Waals surface area contributed by atoms with Crippen molar-refractivity contribution >= 4 is 5.97 Å². The van der Waals surface area contributed by atoms with Crippen LogP contribution in [0.25, 0.3) is 0 Å². The monoisotopic (exact) mass is 240 g/mol. The van der Waals surface area contributed by atoms with Gasteiger partial charge in [0.1, 0.15) is 5.75 Å². The molecule has 0 fully saturated rings. The van der Waals surface area contributed by atoms with E-state index in [1.807, 2.05) is 18.2 Å². The van der Waals surface area contributed by atoms with E-state index in [0.29, 0.717) is 11.3 Å². The maximum Gasteiger partial charge on any atom is 0.348 e. The summed E-state index contributed by atoms with van der Waals surface area (Å²) in [5.74, 6) is -0.0875. The maximum atomic E-state index is 12.0. The van der Waals surface area contributed by atoms with Gasteiger partial charge in [0.25, 0.3) is 0 Å². The van der Waals surface area contributed by atoms with Crippen LogP contribution in [0.4, 0.5) is 0 Å². The number of fused-ring (bicyclic) bond motifs is 1. The second-order valence-electron chi connectivity index (χ2n) is 4.40. The summed E-state index contributed by atoms with van der Waals surface area (Å²) < 4.78 is 5.21. The highest BCUT2D eigenvalue weighted by molar-refractivity contribution is 5.85. The van der Waals surface area contributed by atoms with Gasteiger partial charge in [-0.25, -0.2) is 4.79 Å². The van der Waals surface area contributed by atoms with Gasteiger partial charge in [-0.1, -0.05) is 48.5 Å². The van der Waals surface area contributed by atoms with E-state index in [2.05, 4.69) is 0 Å². The second-order valence-corrected chi connectivity index (χ2v) is 4.40. The summed E-state index contributed by atoms with van der Waals surface area (Å²) in [4.78, 5) is 12.0. The first kappa shape index (κ1) is 11.0. The highest BCUT2D eigenvalue weighted by Gasteiger charge is 2.43. The number of carbonyl (C=O) groups excluding carboxylic acids is 1. The summed E-state index contributed by atoms with van der Waals surface area (Å²) in [6.07, 6.45) is 0.242. The van der Waals surface area contributed by atoms with E-state index >= 15 is 0 Å². The van der Waals surface area contributed by atoms with Gasteiger partial charge in [-0.3, -0.25) is 0 Å². The molecule has 0 saturated heterocycles. The van der Waals surface area contributed by atoms with E-state index in [0.717, 1.165) is 5.56 Å². The topological polar surface area (TPSA) is 46.5 Å². The first-order valence-electron chi connectivity index (χ1n) is 5.78. The molecule has 1 unspecified atom stereocenters. The number of hydrogen-bond donors (Lipinski definition) is 1. The van der Waals surface area contributed by atoms with Gasteiger partial charge in [0.15, 0.2) is 5.60 Å². The van der Waals surface area contributed by atoms with Crippen LogP contribution in [-0.2, 0) is 16.8 Å². The van der Waals surface area contributed by atoms with Crippen molar-refractivity contribution in [3.05, 3.63) is 65.7 Å². The average molecular weight is 240 g/mol. The highest BCUT2D eigenvalue weighted by atomic mass is 16.6. The number of rotatable bonds is 1. The van der Waals surface area contributed by atoms with E-state index in [1.54, 1.807) is 36.4 Å². The standard InChI is InChI=1S/C15H12O3/c16-14-15(17,12-7-2-1-3-8-12)10-11-6-4-5-9-13(11)18-14/h1-9,17H,10H2. The quantitative estimate of drug-likeness (QED) is 0.613. The van der Waals surface area contributed by atoms with Crippen LogP contribution in [0.15, 0.2) is 54.6 Å². The molecule has 0 radical (unpaired) electrons. The Bertz CT molecular complexity index is 592. The SMILES string of the molecule is O=C1Oc2ccccc2CC1(O)c1ccccc1. The Balaban J connectivity index is 2.07. The molecule has 2 aromatic rings. The second kappa shape index (κ2) is 3.96. The van der Waals surface area contributed by atoms with Crippen molar-refractivity contribution in [1.29, 1.82) is 0 Å². The fourth-order valence-corrected chi connectivity index (χ4v) is 2.22. The fraction of sp³-hybridized carbons (Fsp3) is 0.133. The molecule has 1 aliphatic rings. The van der Waals surface area contributed by atoms with Gasteiger partial charge < -0.3 is 9.84 Å². The number of carbonyl (C=O) groups is 1. The number of ether oxygens (including phenoxy) is 1. The number of hydrogen-bond acceptors (Lipinski definition) is 3. The number of benzene rings is 2. The zero-order chi connectivity index (χ0) is 12.6. The summed E-state index contributed by atoms with van der Waals surface area (Å²) >= 11 is 0. The first-order valence-corrected chi connectivity index (χ1v) is 5.78. The van der Waals surface area contributed by atoms with Crippen molar-refractivity contribution in [3.8, 4) is 5.75 Å². The van der Waals surface area contributed by atoms with Crippen LogP contribution < -0.4 is 4.74 Å². The number of para-hydroxylation sites is 1. The smallest absolute Gasteiger partial charge is 0.348 e. The molecule has 3 nitrogen and oxygen atoms in total. The van der Waals surface area contributed by atoms with Crippen molar-refractivity contribution < 1.29 is 14.6 Å². The molecule has 90 valence electrons. The van der Waals surface area contributed by atoms with Crippen molar-refractivity contribution in [2.45, 2.75) is 12.0 Å². The molecule has 1 aliphatic heterocycles. The summed E-state index contributed by atoms with van der Waals surface area (Å²) in [6.45, 7) is 0. The lowest BCUT2D eigenvalue weighted by atomic mass is 9.85.